The second-order valence-corrected chi connectivity index (χ2v) is 9.92. The number of carbonyl (C=O) groups excluding carboxylic acids is 2. The third-order valence-electron chi connectivity index (χ3n) is 5.32. The van der Waals surface area contributed by atoms with E-state index in [1.807, 2.05) is 13.1 Å². The zero-order chi connectivity index (χ0) is 22.9. The Balaban J connectivity index is 2.65. The highest BCUT2D eigenvalue weighted by Gasteiger charge is 2.26. The van der Waals surface area contributed by atoms with Gasteiger partial charge in [0.25, 0.3) is 0 Å². The summed E-state index contributed by atoms with van der Waals surface area (Å²) in [5.41, 5.74) is -0.117. The van der Waals surface area contributed by atoms with Crippen molar-refractivity contribution in [3.63, 3.8) is 0 Å². The summed E-state index contributed by atoms with van der Waals surface area (Å²) in [5.74, 6) is -0.705. The van der Waals surface area contributed by atoms with Crippen molar-refractivity contribution in [2.24, 2.45) is 5.92 Å². The number of methoxy groups -OCH3 is 1. The number of rotatable bonds is 13. The van der Waals surface area contributed by atoms with Gasteiger partial charge in [0.15, 0.2) is 5.13 Å². The van der Waals surface area contributed by atoms with Crippen LogP contribution in [0, 0.1) is 5.92 Å². The molecule has 0 aromatic carbocycles. The Kier molecular flexibility index (Phi) is 10.9. The number of nitrogens with one attached hydrogen (secondary N) is 2. The van der Waals surface area contributed by atoms with Crippen LogP contribution in [-0.4, -0.2) is 46.8 Å². The van der Waals surface area contributed by atoms with E-state index in [0.717, 1.165) is 30.6 Å². The maximum atomic E-state index is 12.7. The predicted octanol–water partition coefficient (Wildman–Crippen LogP) is 4.08. The van der Waals surface area contributed by atoms with E-state index in [1.165, 1.54) is 11.3 Å². The SMILES string of the molecule is CCC[C@H](NC(=O)[C@@H](O)C(C)C)C(=O)Nc1ncc(C(C)CCCC(C)(C)OC)s1. The van der Waals surface area contributed by atoms with Gasteiger partial charge >= 0.3 is 0 Å². The average molecular weight is 442 g/mol. The molecule has 0 spiro atoms. The highest BCUT2D eigenvalue weighted by atomic mass is 32.1. The first kappa shape index (κ1) is 26.5. The van der Waals surface area contributed by atoms with Crippen LogP contribution in [0.15, 0.2) is 6.20 Å². The van der Waals surface area contributed by atoms with Crippen LogP contribution in [0.2, 0.25) is 0 Å². The van der Waals surface area contributed by atoms with E-state index >= 15 is 0 Å². The monoisotopic (exact) mass is 441 g/mol. The van der Waals surface area contributed by atoms with Crippen molar-refractivity contribution in [2.45, 2.75) is 97.3 Å². The lowest BCUT2D eigenvalue weighted by Crippen LogP contribution is -2.48. The largest absolute Gasteiger partial charge is 0.383 e. The van der Waals surface area contributed by atoms with E-state index < -0.39 is 18.1 Å². The Bertz CT molecular complexity index is 675. The van der Waals surface area contributed by atoms with E-state index in [-0.39, 0.29) is 17.4 Å². The van der Waals surface area contributed by atoms with E-state index in [1.54, 1.807) is 21.0 Å². The van der Waals surface area contributed by atoms with E-state index in [0.29, 0.717) is 17.5 Å². The van der Waals surface area contributed by atoms with Crippen LogP contribution in [0.3, 0.4) is 0 Å². The number of amides is 2. The molecule has 8 heteroatoms. The molecule has 1 unspecified atom stereocenters. The minimum absolute atomic E-state index is 0.117. The molecule has 0 aliphatic rings. The molecule has 0 bridgehead atoms. The number of anilines is 1. The molecule has 0 aliphatic carbocycles. The Morgan fingerprint density at radius 1 is 1.23 bits per heavy atom. The molecule has 7 nitrogen and oxygen atoms in total. The van der Waals surface area contributed by atoms with Gasteiger partial charge in [-0.1, -0.05) is 34.1 Å². The molecule has 172 valence electrons. The summed E-state index contributed by atoms with van der Waals surface area (Å²) in [6.45, 7) is 11.8. The number of ether oxygens (including phenoxy) is 1. The summed E-state index contributed by atoms with van der Waals surface area (Å²) < 4.78 is 5.47. The average Bonchev–Trinajstić information content (AvgIpc) is 3.15. The molecule has 0 fully saturated rings. The Morgan fingerprint density at radius 2 is 1.90 bits per heavy atom. The zero-order valence-corrected chi connectivity index (χ0v) is 20.3. The van der Waals surface area contributed by atoms with Crippen molar-refractivity contribution >= 4 is 28.3 Å². The van der Waals surface area contributed by atoms with Gasteiger partial charge in [-0.2, -0.15) is 0 Å². The van der Waals surface area contributed by atoms with Crippen molar-refractivity contribution in [1.82, 2.24) is 10.3 Å². The predicted molar refractivity (Wildman–Crippen MR) is 122 cm³/mol. The van der Waals surface area contributed by atoms with E-state index in [4.69, 9.17) is 4.74 Å². The maximum absolute atomic E-state index is 12.7. The maximum Gasteiger partial charge on any atom is 0.249 e. The highest BCUT2D eigenvalue weighted by Crippen LogP contribution is 2.30. The fourth-order valence-electron chi connectivity index (χ4n) is 2.96. The van der Waals surface area contributed by atoms with Crippen LogP contribution in [0.5, 0.6) is 0 Å². The van der Waals surface area contributed by atoms with Gasteiger partial charge in [-0.25, -0.2) is 4.98 Å². The third-order valence-corrected chi connectivity index (χ3v) is 6.46. The van der Waals surface area contributed by atoms with Gasteiger partial charge in [0, 0.05) is 18.2 Å². The summed E-state index contributed by atoms with van der Waals surface area (Å²) in [7, 11) is 1.74. The zero-order valence-electron chi connectivity index (χ0n) is 19.4. The summed E-state index contributed by atoms with van der Waals surface area (Å²) in [6, 6.07) is -0.697. The number of aliphatic hydroxyl groups is 1. The van der Waals surface area contributed by atoms with E-state index in [2.05, 4.69) is 36.4 Å². The lowest BCUT2D eigenvalue weighted by molar-refractivity contribution is -0.134. The van der Waals surface area contributed by atoms with Crippen LogP contribution in [0.25, 0.3) is 0 Å². The number of aliphatic hydroxyl groups excluding tert-OH is 1. The molecule has 30 heavy (non-hydrogen) atoms. The molecule has 0 aliphatic heterocycles. The molecule has 1 heterocycles. The van der Waals surface area contributed by atoms with Crippen LogP contribution >= 0.6 is 11.3 Å². The van der Waals surface area contributed by atoms with Gasteiger partial charge in [-0.15, -0.1) is 11.3 Å². The number of thiazole rings is 1. The molecule has 1 rings (SSSR count). The standard InChI is InChI=1S/C22H39N3O4S/c1-8-10-16(24-20(28)18(26)14(2)3)19(27)25-21-23-13-17(30-21)15(4)11-9-12-22(5,6)29-7/h13-16,18,26H,8-12H2,1-7H3,(H,24,28)(H,23,25,27)/t15?,16-,18-/m0/s1. The first-order valence-corrected chi connectivity index (χ1v) is 11.6. The molecule has 1 aromatic heterocycles. The van der Waals surface area contributed by atoms with Gasteiger partial charge in [-0.3, -0.25) is 9.59 Å². The molecule has 0 saturated heterocycles. The molecule has 3 N–H and O–H groups in total. The topological polar surface area (TPSA) is 101 Å². The second kappa shape index (κ2) is 12.4. The van der Waals surface area contributed by atoms with Gasteiger partial charge in [0.2, 0.25) is 11.8 Å². The Hall–Kier alpha value is -1.51. The minimum Gasteiger partial charge on any atom is -0.383 e. The van der Waals surface area contributed by atoms with Crippen molar-refractivity contribution in [3.8, 4) is 0 Å². The molecule has 2 amide bonds. The lowest BCUT2D eigenvalue weighted by atomic mass is 9.96. The summed E-state index contributed by atoms with van der Waals surface area (Å²) in [6.07, 6.45) is 4.95. The number of hydrogen-bond acceptors (Lipinski definition) is 6. The molecule has 0 saturated carbocycles. The van der Waals surface area contributed by atoms with Crippen molar-refractivity contribution in [2.75, 3.05) is 12.4 Å². The highest BCUT2D eigenvalue weighted by molar-refractivity contribution is 7.15. The molecule has 3 atom stereocenters. The number of nitrogens with zero attached hydrogens (tertiary/aromatic N) is 1. The number of aromatic nitrogens is 1. The summed E-state index contributed by atoms with van der Waals surface area (Å²) >= 11 is 1.46. The normalized spacial score (nSPS) is 15.0. The molecular weight excluding hydrogens is 402 g/mol. The van der Waals surface area contributed by atoms with Crippen LogP contribution in [0.1, 0.15) is 84.4 Å². The van der Waals surface area contributed by atoms with Gasteiger partial charge < -0.3 is 20.5 Å². The first-order valence-electron chi connectivity index (χ1n) is 10.8. The van der Waals surface area contributed by atoms with Crippen molar-refractivity contribution in [1.29, 1.82) is 0 Å². The van der Waals surface area contributed by atoms with Gasteiger partial charge in [0.1, 0.15) is 12.1 Å². The Morgan fingerprint density at radius 3 is 2.47 bits per heavy atom. The molecule has 1 aromatic rings. The van der Waals surface area contributed by atoms with E-state index in [9.17, 15) is 14.7 Å². The lowest BCUT2D eigenvalue weighted by Gasteiger charge is -2.23. The van der Waals surface area contributed by atoms with Crippen LogP contribution in [-0.2, 0) is 14.3 Å². The number of carbonyl (C=O) groups is 2. The van der Waals surface area contributed by atoms with Gasteiger partial charge in [0.05, 0.1) is 5.60 Å². The third kappa shape index (κ3) is 8.70. The van der Waals surface area contributed by atoms with Gasteiger partial charge in [-0.05, 0) is 51.4 Å². The number of hydrogen-bond donors (Lipinski definition) is 3. The smallest absolute Gasteiger partial charge is 0.249 e. The van der Waals surface area contributed by atoms with Crippen LogP contribution in [0.4, 0.5) is 5.13 Å². The molecular formula is C22H39N3O4S. The second-order valence-electron chi connectivity index (χ2n) is 8.85. The quantitative estimate of drug-likeness (QED) is 0.428. The fourth-order valence-corrected chi connectivity index (χ4v) is 3.87. The molecule has 0 radical (unpaired) electrons. The summed E-state index contributed by atoms with van der Waals surface area (Å²) in [5, 5.41) is 15.9. The summed E-state index contributed by atoms with van der Waals surface area (Å²) in [4.78, 5) is 30.3. The van der Waals surface area contributed by atoms with Crippen molar-refractivity contribution in [3.05, 3.63) is 11.1 Å². The Labute approximate surface area is 185 Å². The fraction of sp³-hybridized carbons (Fsp3) is 0.773. The van der Waals surface area contributed by atoms with Crippen molar-refractivity contribution < 1.29 is 19.4 Å². The first-order chi connectivity index (χ1) is 14.0. The minimum atomic E-state index is -1.13. The van der Waals surface area contributed by atoms with Crippen LogP contribution < -0.4 is 10.6 Å².